The number of halogens is 2. The van der Waals surface area contributed by atoms with Gasteiger partial charge in [-0.2, -0.15) is 0 Å². The Bertz CT molecular complexity index is 807. The van der Waals surface area contributed by atoms with E-state index in [4.69, 9.17) is 0 Å². The first-order valence-electron chi connectivity index (χ1n) is 9.02. The van der Waals surface area contributed by atoms with Crippen LogP contribution in [0.15, 0.2) is 87.8 Å². The number of hydrogen-bond donors (Lipinski definition) is 0. The normalized spacial score (nSPS) is 15.3. The summed E-state index contributed by atoms with van der Waals surface area (Å²) in [5, 5.41) is 0. The van der Waals surface area contributed by atoms with Crippen LogP contribution in [0.4, 0.5) is 11.4 Å². The zero-order chi connectivity index (χ0) is 18.0. The minimum absolute atomic E-state index is 0.142. The maximum atomic E-state index is 3.57. The molecule has 0 N–H and O–H groups in total. The Labute approximate surface area is 172 Å². The lowest BCUT2D eigenvalue weighted by atomic mass is 9.71. The van der Waals surface area contributed by atoms with Gasteiger partial charge in [0.2, 0.25) is 0 Å². The van der Waals surface area contributed by atoms with Crippen molar-refractivity contribution in [3.8, 4) is 0 Å². The van der Waals surface area contributed by atoms with Gasteiger partial charge in [0.1, 0.15) is 0 Å². The molecule has 0 amide bonds. The monoisotopic (exact) mass is 469 g/mol. The van der Waals surface area contributed by atoms with Gasteiger partial charge in [-0.15, -0.1) is 0 Å². The molecule has 0 unspecified atom stereocenters. The summed E-state index contributed by atoms with van der Waals surface area (Å²) in [6.45, 7) is 0. The number of rotatable bonds is 5. The van der Waals surface area contributed by atoms with Crippen LogP contribution < -0.4 is 4.90 Å². The lowest BCUT2D eigenvalue weighted by Crippen LogP contribution is -2.53. The molecule has 4 rings (SSSR count). The smallest absolute Gasteiger partial charge is 0.0491 e. The molecule has 1 aliphatic carbocycles. The van der Waals surface area contributed by atoms with Crippen molar-refractivity contribution in [2.45, 2.75) is 31.2 Å². The van der Waals surface area contributed by atoms with Gasteiger partial charge < -0.3 is 4.90 Å². The van der Waals surface area contributed by atoms with Gasteiger partial charge in [-0.3, -0.25) is 0 Å². The Morgan fingerprint density at radius 1 is 0.692 bits per heavy atom. The fourth-order valence-electron chi connectivity index (χ4n) is 3.92. The van der Waals surface area contributed by atoms with E-state index in [0.717, 1.165) is 15.4 Å². The van der Waals surface area contributed by atoms with Gasteiger partial charge in [-0.1, -0.05) is 62.2 Å². The Balaban J connectivity index is 1.78. The fraction of sp³-hybridized carbons (Fsp3) is 0.217. The van der Waals surface area contributed by atoms with Crippen LogP contribution in [0.3, 0.4) is 0 Å². The Morgan fingerprint density at radius 3 is 1.62 bits per heavy atom. The molecule has 0 heterocycles. The summed E-state index contributed by atoms with van der Waals surface area (Å²) in [6, 6.07) is 28.3. The van der Waals surface area contributed by atoms with E-state index in [1.54, 1.807) is 0 Å². The summed E-state index contributed by atoms with van der Waals surface area (Å²) in [6.07, 6.45) is 4.79. The van der Waals surface area contributed by atoms with Crippen molar-refractivity contribution in [3.05, 3.63) is 93.4 Å². The third-order valence-corrected chi connectivity index (χ3v) is 6.36. The molecular formula is C23H21Br2N. The van der Waals surface area contributed by atoms with Crippen LogP contribution in [-0.2, 0) is 6.42 Å². The number of benzene rings is 3. The predicted octanol–water partition coefficient (Wildman–Crippen LogP) is 7.52. The number of hydrogen-bond acceptors (Lipinski definition) is 1. The topological polar surface area (TPSA) is 3.24 Å². The van der Waals surface area contributed by atoms with Gasteiger partial charge in [0, 0.05) is 25.9 Å². The second-order valence-corrected chi connectivity index (χ2v) is 8.86. The van der Waals surface area contributed by atoms with E-state index < -0.39 is 0 Å². The van der Waals surface area contributed by atoms with Gasteiger partial charge in [-0.05, 0) is 79.8 Å². The van der Waals surface area contributed by atoms with Crippen molar-refractivity contribution < 1.29 is 0 Å². The highest BCUT2D eigenvalue weighted by Gasteiger charge is 2.43. The summed E-state index contributed by atoms with van der Waals surface area (Å²) in [5.74, 6) is 0. The highest BCUT2D eigenvalue weighted by Crippen LogP contribution is 2.47. The van der Waals surface area contributed by atoms with Crippen LogP contribution in [0.2, 0.25) is 0 Å². The van der Waals surface area contributed by atoms with E-state index in [1.165, 1.54) is 36.2 Å². The van der Waals surface area contributed by atoms with E-state index in [0.29, 0.717) is 0 Å². The predicted molar refractivity (Wildman–Crippen MR) is 117 cm³/mol. The van der Waals surface area contributed by atoms with E-state index in [-0.39, 0.29) is 5.54 Å². The minimum Gasteiger partial charge on any atom is -0.335 e. The van der Waals surface area contributed by atoms with Crippen molar-refractivity contribution in [2.24, 2.45) is 0 Å². The van der Waals surface area contributed by atoms with Crippen LogP contribution in [0.25, 0.3) is 0 Å². The van der Waals surface area contributed by atoms with Crippen LogP contribution >= 0.6 is 31.9 Å². The highest BCUT2D eigenvalue weighted by atomic mass is 79.9. The molecular weight excluding hydrogens is 450 g/mol. The quantitative estimate of drug-likeness (QED) is 0.372. The van der Waals surface area contributed by atoms with Crippen LogP contribution in [0.5, 0.6) is 0 Å². The SMILES string of the molecule is Brc1ccc(N(c2ccc(Br)cc2)C2(Cc3ccccc3)CCC2)cc1. The molecule has 1 saturated carbocycles. The molecule has 3 aromatic rings. The van der Waals surface area contributed by atoms with Crippen molar-refractivity contribution in [1.29, 1.82) is 0 Å². The second-order valence-electron chi connectivity index (χ2n) is 7.03. The van der Waals surface area contributed by atoms with Gasteiger partial charge in [0.25, 0.3) is 0 Å². The molecule has 3 aromatic carbocycles. The van der Waals surface area contributed by atoms with Gasteiger partial charge in [0.05, 0.1) is 0 Å². The minimum atomic E-state index is 0.142. The van der Waals surface area contributed by atoms with E-state index in [1.807, 2.05) is 0 Å². The molecule has 0 atom stereocenters. The summed E-state index contributed by atoms with van der Waals surface area (Å²) >= 11 is 7.14. The first-order valence-corrected chi connectivity index (χ1v) is 10.6. The average Bonchev–Trinajstić information content (AvgIpc) is 2.63. The maximum absolute atomic E-state index is 3.57. The molecule has 0 radical (unpaired) electrons. The molecule has 26 heavy (non-hydrogen) atoms. The molecule has 3 heteroatoms. The Hall–Kier alpha value is -1.58. The van der Waals surface area contributed by atoms with Crippen molar-refractivity contribution in [2.75, 3.05) is 4.90 Å². The van der Waals surface area contributed by atoms with E-state index >= 15 is 0 Å². The molecule has 0 bridgehead atoms. The highest BCUT2D eigenvalue weighted by molar-refractivity contribution is 9.10. The largest absolute Gasteiger partial charge is 0.335 e. The summed E-state index contributed by atoms with van der Waals surface area (Å²) in [7, 11) is 0. The molecule has 132 valence electrons. The molecule has 1 fully saturated rings. The lowest BCUT2D eigenvalue weighted by molar-refractivity contribution is 0.244. The molecule has 0 spiro atoms. The fourth-order valence-corrected chi connectivity index (χ4v) is 4.45. The number of anilines is 2. The molecule has 1 aliphatic rings. The van der Waals surface area contributed by atoms with Crippen LogP contribution in [0.1, 0.15) is 24.8 Å². The maximum Gasteiger partial charge on any atom is 0.0491 e. The zero-order valence-electron chi connectivity index (χ0n) is 14.5. The molecule has 0 aliphatic heterocycles. The van der Waals surface area contributed by atoms with Crippen LogP contribution in [-0.4, -0.2) is 5.54 Å². The van der Waals surface area contributed by atoms with Gasteiger partial charge in [-0.25, -0.2) is 0 Å². The van der Waals surface area contributed by atoms with Crippen molar-refractivity contribution in [1.82, 2.24) is 0 Å². The molecule has 0 aromatic heterocycles. The number of nitrogens with zero attached hydrogens (tertiary/aromatic N) is 1. The van der Waals surface area contributed by atoms with Crippen molar-refractivity contribution >= 4 is 43.2 Å². The Morgan fingerprint density at radius 2 is 1.19 bits per heavy atom. The van der Waals surface area contributed by atoms with E-state index in [9.17, 15) is 0 Å². The summed E-state index contributed by atoms with van der Waals surface area (Å²) in [5.41, 5.74) is 4.06. The molecule has 0 saturated heterocycles. The van der Waals surface area contributed by atoms with Gasteiger partial charge in [0.15, 0.2) is 0 Å². The van der Waals surface area contributed by atoms with Crippen LogP contribution in [0, 0.1) is 0 Å². The third-order valence-electron chi connectivity index (χ3n) is 5.30. The lowest BCUT2D eigenvalue weighted by Gasteiger charge is -2.52. The zero-order valence-corrected chi connectivity index (χ0v) is 17.7. The van der Waals surface area contributed by atoms with Gasteiger partial charge >= 0.3 is 0 Å². The van der Waals surface area contributed by atoms with Crippen molar-refractivity contribution in [3.63, 3.8) is 0 Å². The van der Waals surface area contributed by atoms with E-state index in [2.05, 4.69) is 116 Å². The standard InChI is InChI=1S/C23H21Br2N/c24-19-7-11-21(12-8-19)26(22-13-9-20(25)10-14-22)23(15-4-16-23)17-18-5-2-1-3-6-18/h1-3,5-14H,4,15-17H2. The second kappa shape index (κ2) is 7.58. The molecule has 1 nitrogen and oxygen atoms in total. The summed E-state index contributed by atoms with van der Waals surface area (Å²) < 4.78 is 2.23. The third kappa shape index (κ3) is 3.60. The first-order chi connectivity index (χ1) is 12.7. The average molecular weight is 471 g/mol. The Kier molecular flexibility index (Phi) is 5.19. The first kappa shape index (κ1) is 17.8. The summed E-state index contributed by atoms with van der Waals surface area (Å²) in [4.78, 5) is 2.56.